The van der Waals surface area contributed by atoms with Crippen LogP contribution in [0.2, 0.25) is 0 Å². The lowest BCUT2D eigenvalue weighted by Crippen LogP contribution is -2.45. The predicted molar refractivity (Wildman–Crippen MR) is 93.2 cm³/mol. The fourth-order valence-corrected chi connectivity index (χ4v) is 3.22. The van der Waals surface area contributed by atoms with Crippen molar-refractivity contribution in [2.24, 2.45) is 5.92 Å². The van der Waals surface area contributed by atoms with Crippen LogP contribution in [-0.2, 0) is 9.53 Å². The largest absolute Gasteiger partial charge is 0.462 e. The van der Waals surface area contributed by atoms with Crippen molar-refractivity contribution >= 4 is 27.9 Å². The van der Waals surface area contributed by atoms with Crippen LogP contribution in [0.1, 0.15) is 32.4 Å². The van der Waals surface area contributed by atoms with Gasteiger partial charge in [0.1, 0.15) is 0 Å². The van der Waals surface area contributed by atoms with Crippen molar-refractivity contribution in [2.75, 3.05) is 13.4 Å². The number of fused-ring (bicyclic) bond motifs is 1. The van der Waals surface area contributed by atoms with Crippen LogP contribution < -0.4 is 20.1 Å². The fraction of sp³-hybridized carbons (Fsp3) is 0.412. The summed E-state index contributed by atoms with van der Waals surface area (Å²) >= 11 is 3.48. The molecule has 0 fully saturated rings. The smallest absolute Gasteiger partial charge is 0.338 e. The molecule has 8 heteroatoms. The topological polar surface area (TPSA) is 85.9 Å². The lowest BCUT2D eigenvalue weighted by Gasteiger charge is -2.29. The van der Waals surface area contributed by atoms with Crippen molar-refractivity contribution in [3.63, 3.8) is 0 Å². The van der Waals surface area contributed by atoms with Crippen molar-refractivity contribution in [1.82, 2.24) is 10.6 Å². The first-order valence-electron chi connectivity index (χ1n) is 7.91. The van der Waals surface area contributed by atoms with Gasteiger partial charge in [-0.25, -0.2) is 9.59 Å². The molecule has 2 aliphatic heterocycles. The molecule has 1 aromatic carbocycles. The number of hydrogen-bond acceptors (Lipinski definition) is 5. The van der Waals surface area contributed by atoms with E-state index < -0.39 is 12.0 Å². The molecule has 2 amide bonds. The van der Waals surface area contributed by atoms with Gasteiger partial charge in [0.2, 0.25) is 6.79 Å². The van der Waals surface area contributed by atoms with E-state index in [1.54, 1.807) is 19.1 Å². The Bertz CT molecular complexity index is 760. The highest BCUT2D eigenvalue weighted by Gasteiger charge is 2.34. The number of nitrogens with one attached hydrogen (secondary N) is 2. The number of halogens is 1. The fourth-order valence-electron chi connectivity index (χ4n) is 2.67. The minimum atomic E-state index is -0.655. The highest BCUT2D eigenvalue weighted by atomic mass is 79.9. The van der Waals surface area contributed by atoms with Crippen molar-refractivity contribution in [1.29, 1.82) is 0 Å². The Hall–Kier alpha value is -2.22. The highest BCUT2D eigenvalue weighted by molar-refractivity contribution is 9.10. The molecule has 0 saturated carbocycles. The van der Waals surface area contributed by atoms with Gasteiger partial charge in [0, 0.05) is 10.2 Å². The van der Waals surface area contributed by atoms with Crippen molar-refractivity contribution < 1.29 is 23.8 Å². The molecule has 134 valence electrons. The third-order valence-electron chi connectivity index (χ3n) is 3.84. The zero-order chi connectivity index (χ0) is 18.1. The summed E-state index contributed by atoms with van der Waals surface area (Å²) in [5, 5.41) is 5.41. The van der Waals surface area contributed by atoms with Gasteiger partial charge in [-0.1, -0.05) is 29.8 Å². The number of carbonyl (C=O) groups is 2. The number of amides is 2. The number of esters is 1. The minimum absolute atomic E-state index is 0.141. The first-order valence-corrected chi connectivity index (χ1v) is 8.70. The first-order chi connectivity index (χ1) is 11.9. The van der Waals surface area contributed by atoms with Gasteiger partial charge >= 0.3 is 12.0 Å². The molecule has 0 spiro atoms. The van der Waals surface area contributed by atoms with Crippen LogP contribution in [0.15, 0.2) is 27.9 Å². The standard InChI is InChI=1S/C17H19BrN2O5/c1-8(2)6-23-16(21)14-9(3)19-17(22)20-15(14)10-4-12-13(5-11(10)18)25-7-24-12/h4-5,8,15H,6-7H2,1-3H3,(H2,19,20,22)/t15-/m0/s1. The summed E-state index contributed by atoms with van der Waals surface area (Å²) in [5.74, 6) is 0.930. The monoisotopic (exact) mass is 410 g/mol. The van der Waals surface area contributed by atoms with E-state index in [-0.39, 0.29) is 18.7 Å². The van der Waals surface area contributed by atoms with E-state index >= 15 is 0 Å². The molecule has 0 unspecified atom stereocenters. The van der Waals surface area contributed by atoms with Gasteiger partial charge in [0.25, 0.3) is 0 Å². The molecule has 2 aliphatic rings. The second kappa shape index (κ2) is 6.95. The maximum absolute atomic E-state index is 12.6. The molecule has 25 heavy (non-hydrogen) atoms. The molecule has 2 heterocycles. The van der Waals surface area contributed by atoms with Crippen LogP contribution >= 0.6 is 15.9 Å². The number of hydrogen-bond donors (Lipinski definition) is 2. The van der Waals surface area contributed by atoms with Gasteiger partial charge in [0.05, 0.1) is 18.2 Å². The molecular weight excluding hydrogens is 392 g/mol. The summed E-state index contributed by atoms with van der Waals surface area (Å²) in [4.78, 5) is 24.6. The van der Waals surface area contributed by atoms with Crippen LogP contribution in [-0.4, -0.2) is 25.4 Å². The van der Waals surface area contributed by atoms with Gasteiger partial charge < -0.3 is 24.8 Å². The normalized spacial score (nSPS) is 18.9. The molecular formula is C17H19BrN2O5. The number of urea groups is 1. The van der Waals surface area contributed by atoms with E-state index in [9.17, 15) is 9.59 Å². The van der Waals surface area contributed by atoms with Gasteiger partial charge in [-0.3, -0.25) is 0 Å². The summed E-state index contributed by atoms with van der Waals surface area (Å²) in [5.41, 5.74) is 1.52. The molecule has 0 radical (unpaired) electrons. The molecule has 0 aliphatic carbocycles. The summed E-state index contributed by atoms with van der Waals surface area (Å²) in [6, 6.07) is 2.48. The Morgan fingerprint density at radius 2 is 2.04 bits per heavy atom. The molecule has 3 rings (SSSR count). The van der Waals surface area contributed by atoms with E-state index in [2.05, 4.69) is 26.6 Å². The SMILES string of the molecule is CC1=C(C(=O)OCC(C)C)[C@H](c2cc3c(cc2Br)OCO3)NC(=O)N1. The first kappa shape index (κ1) is 17.6. The molecule has 2 N–H and O–H groups in total. The molecule has 1 aromatic rings. The lowest BCUT2D eigenvalue weighted by atomic mass is 9.95. The summed E-state index contributed by atoms with van der Waals surface area (Å²) in [6.45, 7) is 6.04. The quantitative estimate of drug-likeness (QED) is 0.745. The lowest BCUT2D eigenvalue weighted by molar-refractivity contribution is -0.140. The number of rotatable bonds is 4. The molecule has 0 aromatic heterocycles. The Kier molecular flexibility index (Phi) is 4.89. The number of allylic oxidation sites excluding steroid dienone is 1. The zero-order valence-corrected chi connectivity index (χ0v) is 15.7. The molecule has 0 saturated heterocycles. The minimum Gasteiger partial charge on any atom is -0.462 e. The Labute approximate surface area is 153 Å². The van der Waals surface area contributed by atoms with Gasteiger partial charge in [-0.2, -0.15) is 0 Å². The second-order valence-electron chi connectivity index (χ2n) is 6.29. The van der Waals surface area contributed by atoms with Crippen LogP contribution in [0.3, 0.4) is 0 Å². The van der Waals surface area contributed by atoms with E-state index in [0.717, 1.165) is 0 Å². The predicted octanol–water partition coefficient (Wildman–Crippen LogP) is 3.00. The summed E-state index contributed by atoms with van der Waals surface area (Å²) in [7, 11) is 0. The van der Waals surface area contributed by atoms with Crippen molar-refractivity contribution in [3.8, 4) is 11.5 Å². The summed E-state index contributed by atoms with van der Waals surface area (Å²) < 4.78 is 16.8. The van der Waals surface area contributed by atoms with E-state index in [0.29, 0.717) is 39.4 Å². The van der Waals surface area contributed by atoms with Crippen molar-refractivity contribution in [2.45, 2.75) is 26.8 Å². The zero-order valence-electron chi connectivity index (χ0n) is 14.1. The third-order valence-corrected chi connectivity index (χ3v) is 4.53. The average molecular weight is 411 g/mol. The summed E-state index contributed by atoms with van der Waals surface area (Å²) in [6.07, 6.45) is 0. The Balaban J connectivity index is 1.99. The van der Waals surface area contributed by atoms with E-state index in [4.69, 9.17) is 14.2 Å². The van der Waals surface area contributed by atoms with E-state index in [1.165, 1.54) is 0 Å². The van der Waals surface area contributed by atoms with Crippen LogP contribution in [0.5, 0.6) is 11.5 Å². The van der Waals surface area contributed by atoms with E-state index in [1.807, 2.05) is 13.8 Å². The third kappa shape index (κ3) is 3.58. The van der Waals surface area contributed by atoms with Gasteiger partial charge in [-0.05, 0) is 30.5 Å². The maximum atomic E-state index is 12.6. The number of carbonyl (C=O) groups excluding carboxylic acids is 2. The van der Waals surface area contributed by atoms with Crippen LogP contribution in [0.4, 0.5) is 4.79 Å². The van der Waals surface area contributed by atoms with Crippen molar-refractivity contribution in [3.05, 3.63) is 33.4 Å². The number of ether oxygens (including phenoxy) is 3. The molecule has 7 nitrogen and oxygen atoms in total. The van der Waals surface area contributed by atoms with Crippen LogP contribution in [0, 0.1) is 5.92 Å². The Morgan fingerprint density at radius 1 is 1.36 bits per heavy atom. The Morgan fingerprint density at radius 3 is 2.72 bits per heavy atom. The van der Waals surface area contributed by atoms with Crippen LogP contribution in [0.25, 0.3) is 0 Å². The van der Waals surface area contributed by atoms with Gasteiger partial charge in [0.15, 0.2) is 11.5 Å². The average Bonchev–Trinajstić information content (AvgIpc) is 2.98. The number of benzene rings is 1. The maximum Gasteiger partial charge on any atom is 0.338 e. The van der Waals surface area contributed by atoms with Gasteiger partial charge in [-0.15, -0.1) is 0 Å². The molecule has 1 atom stereocenters. The highest BCUT2D eigenvalue weighted by Crippen LogP contribution is 2.41. The second-order valence-corrected chi connectivity index (χ2v) is 7.14. The molecule has 0 bridgehead atoms.